The van der Waals surface area contributed by atoms with Gasteiger partial charge < -0.3 is 4.74 Å². The van der Waals surface area contributed by atoms with E-state index in [-0.39, 0.29) is 0 Å². The smallest absolute Gasteiger partial charge is 0.345 e. The van der Waals surface area contributed by atoms with E-state index in [1.807, 2.05) is 0 Å². The average Bonchev–Trinajstić information content (AvgIpc) is 2.04. The summed E-state index contributed by atoms with van der Waals surface area (Å²) in [6.45, 7) is 0. The number of pyridine rings is 1. The van der Waals surface area contributed by atoms with E-state index in [4.69, 9.17) is 17.0 Å². The van der Waals surface area contributed by atoms with Crippen molar-refractivity contribution in [2.45, 2.75) is 6.42 Å². The van der Waals surface area contributed by atoms with Gasteiger partial charge in [-0.25, -0.2) is 4.79 Å². The van der Waals surface area contributed by atoms with Gasteiger partial charge in [0.1, 0.15) is 0 Å². The highest BCUT2D eigenvalue weighted by atomic mass is 32.1. The van der Waals surface area contributed by atoms with Crippen LogP contribution in [0.4, 0.5) is 0 Å². The predicted octanol–water partition coefficient (Wildman–Crippen LogP) is 1.12. The van der Waals surface area contributed by atoms with Gasteiger partial charge >= 0.3 is 5.97 Å². The third-order valence-electron chi connectivity index (χ3n) is 1.67. The van der Waals surface area contributed by atoms with Gasteiger partial charge in [-0.15, -0.1) is 0 Å². The zero-order valence-corrected chi connectivity index (χ0v) is 6.93. The minimum Gasteiger partial charge on any atom is -0.415 e. The number of ether oxygens (including phenoxy) is 1. The standard InChI is InChI=1S/C8H5NO2S/c10-8-6-4-9-2-1-5(6)3-7(12)11-8/h1-2,4H,3H2. The van der Waals surface area contributed by atoms with Crippen LogP contribution in [0.15, 0.2) is 18.5 Å². The predicted molar refractivity (Wildman–Crippen MR) is 46.0 cm³/mol. The number of carbonyl (C=O) groups excluding carboxylic acids is 1. The lowest BCUT2D eigenvalue weighted by atomic mass is 10.1. The van der Waals surface area contributed by atoms with Crippen LogP contribution in [0.1, 0.15) is 15.9 Å². The number of hydrogen-bond donors (Lipinski definition) is 0. The fourth-order valence-corrected chi connectivity index (χ4v) is 1.34. The summed E-state index contributed by atoms with van der Waals surface area (Å²) in [5, 5.41) is 0.332. The maximum absolute atomic E-state index is 11.1. The summed E-state index contributed by atoms with van der Waals surface area (Å²) in [7, 11) is 0. The molecular weight excluding hydrogens is 174 g/mol. The molecule has 0 bridgehead atoms. The maximum Gasteiger partial charge on any atom is 0.345 e. The highest BCUT2D eigenvalue weighted by Gasteiger charge is 2.21. The Kier molecular flexibility index (Phi) is 1.62. The van der Waals surface area contributed by atoms with Crippen LogP contribution in [0.25, 0.3) is 0 Å². The van der Waals surface area contributed by atoms with Crippen molar-refractivity contribution in [2.24, 2.45) is 0 Å². The summed E-state index contributed by atoms with van der Waals surface area (Å²) in [6, 6.07) is 1.78. The molecule has 0 saturated carbocycles. The number of aromatic nitrogens is 1. The summed E-state index contributed by atoms with van der Waals surface area (Å²) in [5.74, 6) is -0.394. The molecule has 0 saturated heterocycles. The lowest BCUT2D eigenvalue weighted by Gasteiger charge is -2.14. The number of fused-ring (bicyclic) bond motifs is 1. The lowest BCUT2D eigenvalue weighted by Crippen LogP contribution is -2.21. The summed E-state index contributed by atoms with van der Waals surface area (Å²) in [6.07, 6.45) is 3.67. The molecule has 0 unspecified atom stereocenters. The van der Waals surface area contributed by atoms with E-state index in [9.17, 15) is 4.79 Å². The first-order chi connectivity index (χ1) is 5.77. The Morgan fingerprint density at radius 1 is 1.58 bits per heavy atom. The SMILES string of the molecule is O=C1OC(=S)Cc2ccncc21. The van der Waals surface area contributed by atoms with Gasteiger partial charge in [-0.3, -0.25) is 4.98 Å². The molecule has 12 heavy (non-hydrogen) atoms. The number of cyclic esters (lactones) is 1. The molecule has 1 aromatic heterocycles. The summed E-state index contributed by atoms with van der Waals surface area (Å²) < 4.78 is 4.77. The van der Waals surface area contributed by atoms with Gasteiger partial charge in [0.05, 0.1) is 5.56 Å². The Morgan fingerprint density at radius 2 is 2.42 bits per heavy atom. The molecule has 0 aromatic carbocycles. The molecule has 0 spiro atoms. The van der Waals surface area contributed by atoms with Crippen LogP contribution in [-0.4, -0.2) is 16.0 Å². The van der Waals surface area contributed by atoms with Crippen LogP contribution in [0.3, 0.4) is 0 Å². The Hall–Kier alpha value is -1.29. The zero-order valence-electron chi connectivity index (χ0n) is 6.11. The van der Waals surface area contributed by atoms with Gasteiger partial charge in [0.2, 0.25) is 0 Å². The number of carbonyl (C=O) groups is 1. The van der Waals surface area contributed by atoms with E-state index < -0.39 is 5.97 Å². The normalized spacial score (nSPS) is 15.3. The number of rotatable bonds is 0. The van der Waals surface area contributed by atoms with E-state index in [0.717, 1.165) is 5.56 Å². The van der Waals surface area contributed by atoms with Crippen molar-refractivity contribution < 1.29 is 9.53 Å². The molecule has 0 radical (unpaired) electrons. The van der Waals surface area contributed by atoms with E-state index in [0.29, 0.717) is 17.0 Å². The molecule has 2 rings (SSSR count). The van der Waals surface area contributed by atoms with Crippen molar-refractivity contribution in [1.82, 2.24) is 4.98 Å². The van der Waals surface area contributed by atoms with Crippen molar-refractivity contribution >= 4 is 23.2 Å². The third-order valence-corrected chi connectivity index (χ3v) is 1.90. The maximum atomic E-state index is 11.1. The first-order valence-electron chi connectivity index (χ1n) is 3.45. The highest BCUT2D eigenvalue weighted by molar-refractivity contribution is 7.80. The first-order valence-corrected chi connectivity index (χ1v) is 3.86. The molecule has 1 aliphatic rings. The number of hydrogen-bond acceptors (Lipinski definition) is 4. The fraction of sp³-hybridized carbons (Fsp3) is 0.125. The monoisotopic (exact) mass is 179 g/mol. The van der Waals surface area contributed by atoms with Crippen LogP contribution in [0.2, 0.25) is 0 Å². The van der Waals surface area contributed by atoms with Crippen molar-refractivity contribution in [3.8, 4) is 0 Å². The van der Waals surface area contributed by atoms with E-state index in [2.05, 4.69) is 4.98 Å². The molecule has 1 aromatic rings. The molecule has 0 atom stereocenters. The van der Waals surface area contributed by atoms with Crippen LogP contribution in [-0.2, 0) is 11.2 Å². The van der Waals surface area contributed by atoms with Gasteiger partial charge in [0.15, 0.2) is 5.05 Å². The van der Waals surface area contributed by atoms with Crippen molar-refractivity contribution in [3.05, 3.63) is 29.6 Å². The van der Waals surface area contributed by atoms with Gasteiger partial charge in [-0.1, -0.05) is 0 Å². The minimum absolute atomic E-state index is 0.332. The molecular formula is C8H5NO2S. The average molecular weight is 179 g/mol. The molecule has 4 heteroatoms. The Morgan fingerprint density at radius 3 is 3.25 bits per heavy atom. The molecule has 3 nitrogen and oxygen atoms in total. The molecule has 60 valence electrons. The molecule has 2 heterocycles. The van der Waals surface area contributed by atoms with E-state index in [1.54, 1.807) is 12.3 Å². The molecule has 1 aliphatic heterocycles. The summed E-state index contributed by atoms with van der Waals surface area (Å²) in [4.78, 5) is 15.0. The zero-order chi connectivity index (χ0) is 8.55. The fourth-order valence-electron chi connectivity index (χ4n) is 1.11. The Balaban J connectivity index is 2.54. The number of esters is 1. The van der Waals surface area contributed by atoms with Crippen molar-refractivity contribution in [2.75, 3.05) is 0 Å². The molecule has 0 fully saturated rings. The second-order valence-electron chi connectivity index (χ2n) is 2.47. The van der Waals surface area contributed by atoms with E-state index in [1.165, 1.54) is 6.20 Å². The third kappa shape index (κ3) is 1.10. The molecule has 0 amide bonds. The Bertz CT molecular complexity index is 362. The van der Waals surface area contributed by atoms with Crippen LogP contribution in [0, 0.1) is 0 Å². The van der Waals surface area contributed by atoms with Crippen molar-refractivity contribution in [1.29, 1.82) is 0 Å². The quantitative estimate of drug-likeness (QED) is 0.442. The van der Waals surface area contributed by atoms with Gasteiger partial charge in [0, 0.05) is 18.8 Å². The molecule has 0 N–H and O–H groups in total. The molecule has 0 aliphatic carbocycles. The van der Waals surface area contributed by atoms with Gasteiger partial charge in [-0.2, -0.15) is 0 Å². The Labute approximate surface area is 74.4 Å². The van der Waals surface area contributed by atoms with Crippen molar-refractivity contribution in [3.63, 3.8) is 0 Å². The van der Waals surface area contributed by atoms with Crippen LogP contribution in [0.5, 0.6) is 0 Å². The first kappa shape index (κ1) is 7.36. The summed E-state index contributed by atoms with van der Waals surface area (Å²) in [5.41, 5.74) is 1.41. The van der Waals surface area contributed by atoms with Gasteiger partial charge in [-0.05, 0) is 23.8 Å². The van der Waals surface area contributed by atoms with Crippen LogP contribution >= 0.6 is 12.2 Å². The van der Waals surface area contributed by atoms with E-state index >= 15 is 0 Å². The number of thiocarbonyl (C=S) groups is 1. The number of nitrogens with zero attached hydrogens (tertiary/aromatic N) is 1. The minimum atomic E-state index is -0.394. The summed E-state index contributed by atoms with van der Waals surface area (Å²) >= 11 is 4.80. The second kappa shape index (κ2) is 2.64. The largest absolute Gasteiger partial charge is 0.415 e. The van der Waals surface area contributed by atoms with Crippen LogP contribution < -0.4 is 0 Å². The second-order valence-corrected chi connectivity index (χ2v) is 2.93. The van der Waals surface area contributed by atoms with Gasteiger partial charge in [0.25, 0.3) is 0 Å². The lowest BCUT2D eigenvalue weighted by molar-refractivity contribution is 0.0708. The topological polar surface area (TPSA) is 39.2 Å². The highest BCUT2D eigenvalue weighted by Crippen LogP contribution is 2.16.